The van der Waals surface area contributed by atoms with E-state index in [9.17, 15) is 9.59 Å². The maximum Gasteiger partial charge on any atom is 0.340 e. The number of aliphatic carboxylic acids is 1. The van der Waals surface area contributed by atoms with Crippen LogP contribution in [0.25, 0.3) is 0 Å². The molecule has 5 nitrogen and oxygen atoms in total. The molecule has 1 amide bonds. The van der Waals surface area contributed by atoms with Crippen LogP contribution in [0.15, 0.2) is 35.9 Å². The molecule has 6 heteroatoms. The second kappa shape index (κ2) is 5.42. The zero-order valence-corrected chi connectivity index (χ0v) is 10.8. The summed E-state index contributed by atoms with van der Waals surface area (Å²) in [6, 6.07) is 6.98. The minimum Gasteiger partial charge on any atom is -0.478 e. The van der Waals surface area contributed by atoms with Gasteiger partial charge in [0.15, 0.2) is 0 Å². The zero-order chi connectivity index (χ0) is 14.0. The minimum absolute atomic E-state index is 0.226. The number of carbonyl (C=O) groups excluding carboxylic acids is 1. The fourth-order valence-electron chi connectivity index (χ4n) is 1.91. The van der Waals surface area contributed by atoms with Gasteiger partial charge in [0.05, 0.1) is 6.17 Å². The van der Waals surface area contributed by atoms with E-state index < -0.39 is 18.0 Å². The van der Waals surface area contributed by atoms with Crippen molar-refractivity contribution in [1.82, 2.24) is 4.90 Å². The van der Waals surface area contributed by atoms with Crippen LogP contribution >= 0.6 is 11.6 Å². The summed E-state index contributed by atoms with van der Waals surface area (Å²) in [5.41, 5.74) is 6.47. The van der Waals surface area contributed by atoms with Crippen LogP contribution in [0.2, 0.25) is 5.02 Å². The van der Waals surface area contributed by atoms with Gasteiger partial charge in [-0.15, -0.1) is 0 Å². The van der Waals surface area contributed by atoms with E-state index in [0.717, 1.165) is 5.56 Å². The third kappa shape index (κ3) is 2.94. The molecular formula is C13H13ClN2O3. The second-order valence-corrected chi connectivity index (χ2v) is 4.72. The predicted octanol–water partition coefficient (Wildman–Crippen LogP) is 1.37. The van der Waals surface area contributed by atoms with Gasteiger partial charge < -0.3 is 15.7 Å². The van der Waals surface area contributed by atoms with Crippen LogP contribution in [0, 0.1) is 0 Å². The molecule has 1 aliphatic rings. The number of amides is 1. The topological polar surface area (TPSA) is 83.6 Å². The van der Waals surface area contributed by atoms with E-state index in [-0.39, 0.29) is 12.1 Å². The van der Waals surface area contributed by atoms with E-state index in [0.29, 0.717) is 11.4 Å². The standard InChI is InChI=1S/C13H13ClN2O3/c14-9-3-1-8(2-4-9)7-16-11(15)6-5-10(12(16)17)13(18)19/h1-5,11H,6-7,15H2,(H,18,19). The highest BCUT2D eigenvalue weighted by molar-refractivity contribution is 6.30. The van der Waals surface area contributed by atoms with Gasteiger partial charge in [0, 0.05) is 18.0 Å². The van der Waals surface area contributed by atoms with Gasteiger partial charge >= 0.3 is 5.97 Å². The summed E-state index contributed by atoms with van der Waals surface area (Å²) in [7, 11) is 0. The maximum atomic E-state index is 12.0. The van der Waals surface area contributed by atoms with Gasteiger partial charge in [-0.2, -0.15) is 0 Å². The molecule has 100 valence electrons. The van der Waals surface area contributed by atoms with Crippen molar-refractivity contribution in [2.75, 3.05) is 0 Å². The Morgan fingerprint density at radius 3 is 2.63 bits per heavy atom. The van der Waals surface area contributed by atoms with Crippen LogP contribution in [0.5, 0.6) is 0 Å². The Balaban J connectivity index is 2.19. The van der Waals surface area contributed by atoms with Gasteiger partial charge in [0.25, 0.3) is 5.91 Å². The Hall–Kier alpha value is -1.85. The molecule has 2 rings (SSSR count). The molecule has 0 aromatic heterocycles. The first kappa shape index (κ1) is 13.6. The van der Waals surface area contributed by atoms with E-state index in [1.54, 1.807) is 24.3 Å². The second-order valence-electron chi connectivity index (χ2n) is 4.29. The molecule has 1 unspecified atom stereocenters. The first-order chi connectivity index (χ1) is 8.99. The number of carboxylic acid groups (broad SMARTS) is 1. The monoisotopic (exact) mass is 280 g/mol. The Kier molecular flexibility index (Phi) is 3.87. The average Bonchev–Trinajstić information content (AvgIpc) is 2.36. The predicted molar refractivity (Wildman–Crippen MR) is 70.3 cm³/mol. The number of rotatable bonds is 3. The smallest absolute Gasteiger partial charge is 0.340 e. The molecule has 0 aliphatic carbocycles. The molecule has 1 aromatic carbocycles. The normalized spacial score (nSPS) is 19.3. The van der Waals surface area contributed by atoms with E-state index in [2.05, 4.69) is 0 Å². The molecule has 0 radical (unpaired) electrons. The summed E-state index contributed by atoms with van der Waals surface area (Å²) in [5, 5.41) is 9.54. The van der Waals surface area contributed by atoms with Gasteiger partial charge in [0.1, 0.15) is 5.57 Å². The highest BCUT2D eigenvalue weighted by Crippen LogP contribution is 2.19. The largest absolute Gasteiger partial charge is 0.478 e. The Bertz CT molecular complexity index is 539. The Morgan fingerprint density at radius 2 is 2.05 bits per heavy atom. The zero-order valence-electron chi connectivity index (χ0n) is 10.0. The van der Waals surface area contributed by atoms with Crippen molar-refractivity contribution in [3.63, 3.8) is 0 Å². The minimum atomic E-state index is -1.22. The van der Waals surface area contributed by atoms with Gasteiger partial charge in [-0.3, -0.25) is 4.79 Å². The number of halogens is 1. The highest BCUT2D eigenvalue weighted by atomic mass is 35.5. The quantitative estimate of drug-likeness (QED) is 0.819. The van der Waals surface area contributed by atoms with Crippen LogP contribution < -0.4 is 5.73 Å². The van der Waals surface area contributed by atoms with Crippen molar-refractivity contribution in [1.29, 1.82) is 0 Å². The fourth-order valence-corrected chi connectivity index (χ4v) is 2.04. The molecule has 0 fully saturated rings. The van der Waals surface area contributed by atoms with Gasteiger partial charge in [-0.25, -0.2) is 4.79 Å². The van der Waals surface area contributed by atoms with Crippen molar-refractivity contribution in [3.8, 4) is 0 Å². The van der Waals surface area contributed by atoms with Crippen molar-refractivity contribution in [3.05, 3.63) is 46.5 Å². The summed E-state index contributed by atoms with van der Waals surface area (Å²) in [6.07, 6.45) is 1.19. The summed E-state index contributed by atoms with van der Waals surface area (Å²) in [6.45, 7) is 0.266. The van der Waals surface area contributed by atoms with Crippen LogP contribution in [-0.2, 0) is 16.1 Å². The molecule has 1 atom stereocenters. The van der Waals surface area contributed by atoms with Crippen molar-refractivity contribution >= 4 is 23.5 Å². The van der Waals surface area contributed by atoms with Crippen LogP contribution in [-0.4, -0.2) is 28.0 Å². The van der Waals surface area contributed by atoms with E-state index in [4.69, 9.17) is 22.4 Å². The maximum absolute atomic E-state index is 12.0. The Labute approximate surface area is 115 Å². The average molecular weight is 281 g/mol. The summed E-state index contributed by atoms with van der Waals surface area (Å²) >= 11 is 5.78. The third-order valence-electron chi connectivity index (χ3n) is 2.95. The molecule has 3 N–H and O–H groups in total. The lowest BCUT2D eigenvalue weighted by Gasteiger charge is -2.31. The Morgan fingerprint density at radius 1 is 1.42 bits per heavy atom. The van der Waals surface area contributed by atoms with Gasteiger partial charge in [-0.1, -0.05) is 29.8 Å². The molecule has 0 spiro atoms. The van der Waals surface area contributed by atoms with Crippen molar-refractivity contribution in [2.45, 2.75) is 19.1 Å². The molecule has 19 heavy (non-hydrogen) atoms. The third-order valence-corrected chi connectivity index (χ3v) is 3.20. The lowest BCUT2D eigenvalue weighted by Crippen LogP contribution is -2.49. The summed E-state index contributed by atoms with van der Waals surface area (Å²) < 4.78 is 0. The number of hydrogen-bond acceptors (Lipinski definition) is 3. The first-order valence-electron chi connectivity index (χ1n) is 5.73. The first-order valence-corrected chi connectivity index (χ1v) is 6.11. The SMILES string of the molecule is NC1CC=C(C(=O)O)C(=O)N1Cc1ccc(Cl)cc1. The number of carboxylic acids is 1. The fraction of sp³-hybridized carbons (Fsp3) is 0.231. The van der Waals surface area contributed by atoms with E-state index in [1.807, 2.05) is 0 Å². The van der Waals surface area contributed by atoms with Crippen LogP contribution in [0.4, 0.5) is 0 Å². The van der Waals surface area contributed by atoms with Crippen LogP contribution in [0.1, 0.15) is 12.0 Å². The molecule has 1 aromatic rings. The molecular weight excluding hydrogens is 268 g/mol. The van der Waals surface area contributed by atoms with Gasteiger partial charge in [-0.05, 0) is 17.7 Å². The molecule has 0 saturated heterocycles. The molecule has 1 heterocycles. The van der Waals surface area contributed by atoms with E-state index in [1.165, 1.54) is 11.0 Å². The number of benzene rings is 1. The number of hydrogen-bond donors (Lipinski definition) is 2. The van der Waals surface area contributed by atoms with Crippen LogP contribution in [0.3, 0.4) is 0 Å². The number of nitrogens with zero attached hydrogens (tertiary/aromatic N) is 1. The molecule has 1 aliphatic heterocycles. The van der Waals surface area contributed by atoms with Crippen molar-refractivity contribution in [2.24, 2.45) is 5.73 Å². The number of nitrogens with two attached hydrogens (primary N) is 1. The van der Waals surface area contributed by atoms with Crippen molar-refractivity contribution < 1.29 is 14.7 Å². The lowest BCUT2D eigenvalue weighted by molar-refractivity contribution is -0.139. The summed E-state index contributed by atoms with van der Waals surface area (Å²) in [4.78, 5) is 24.3. The highest BCUT2D eigenvalue weighted by Gasteiger charge is 2.31. The number of carbonyl (C=O) groups is 2. The summed E-state index contributed by atoms with van der Waals surface area (Å²) in [5.74, 6) is -1.78. The van der Waals surface area contributed by atoms with Gasteiger partial charge in [0.2, 0.25) is 0 Å². The lowest BCUT2D eigenvalue weighted by atomic mass is 10.1. The van der Waals surface area contributed by atoms with E-state index >= 15 is 0 Å². The molecule has 0 saturated carbocycles. The molecule has 0 bridgehead atoms.